The Morgan fingerprint density at radius 2 is 1.90 bits per heavy atom. The smallest absolute Gasteiger partial charge is 0.289 e. The van der Waals surface area contributed by atoms with Crippen molar-refractivity contribution in [1.29, 1.82) is 0 Å². The molecule has 3 aromatic heterocycles. The van der Waals surface area contributed by atoms with Gasteiger partial charge in [-0.1, -0.05) is 0 Å². The number of rotatable bonds is 5. The molecule has 1 aliphatic heterocycles. The van der Waals surface area contributed by atoms with Gasteiger partial charge in [-0.2, -0.15) is 0 Å². The van der Waals surface area contributed by atoms with Crippen LogP contribution in [-0.4, -0.2) is 50.4 Å². The number of pyridine rings is 1. The van der Waals surface area contributed by atoms with E-state index in [1.54, 1.807) is 43.1 Å². The van der Waals surface area contributed by atoms with E-state index in [0.717, 1.165) is 25.0 Å². The fraction of sp³-hybridized carbons (Fsp3) is 0.364. The van der Waals surface area contributed by atoms with E-state index in [1.807, 2.05) is 21.7 Å². The highest BCUT2D eigenvalue weighted by Gasteiger charge is 2.56. The lowest BCUT2D eigenvalue weighted by Gasteiger charge is -2.32. The molecular formula is C22H23N5O3. The number of likely N-dealkylation sites (tertiary alicyclic amines) is 1. The van der Waals surface area contributed by atoms with Crippen LogP contribution >= 0.6 is 0 Å². The maximum atomic E-state index is 12.8. The maximum absolute atomic E-state index is 12.8. The predicted molar refractivity (Wildman–Crippen MR) is 108 cm³/mol. The average Bonchev–Trinajstić information content (AvgIpc) is 3.16. The zero-order chi connectivity index (χ0) is 20.6. The molecule has 2 fully saturated rings. The Bertz CT molecular complexity index is 1040. The molecule has 154 valence electrons. The van der Waals surface area contributed by atoms with Crippen molar-refractivity contribution in [2.75, 3.05) is 13.1 Å². The minimum atomic E-state index is -0.0697. The number of carbonyl (C=O) groups excluding carboxylic acids is 2. The highest BCUT2D eigenvalue weighted by molar-refractivity contribution is 5.94. The number of nitrogens with zero attached hydrogens (tertiary/aromatic N) is 4. The second-order valence-electron chi connectivity index (χ2n) is 8.12. The first kappa shape index (κ1) is 18.6. The van der Waals surface area contributed by atoms with E-state index in [1.165, 1.54) is 0 Å². The van der Waals surface area contributed by atoms with Gasteiger partial charge in [0.25, 0.3) is 11.8 Å². The van der Waals surface area contributed by atoms with Crippen molar-refractivity contribution in [3.8, 4) is 0 Å². The van der Waals surface area contributed by atoms with Crippen LogP contribution in [0.1, 0.15) is 45.9 Å². The van der Waals surface area contributed by atoms with Crippen LogP contribution in [0, 0.1) is 5.41 Å². The Morgan fingerprint density at radius 1 is 1.10 bits per heavy atom. The fourth-order valence-electron chi connectivity index (χ4n) is 4.30. The van der Waals surface area contributed by atoms with Crippen LogP contribution < -0.4 is 5.32 Å². The zero-order valence-electron chi connectivity index (χ0n) is 16.5. The standard InChI is InChI=1S/C22H23N5O3/c28-20(16-3-7-23-8-4-16)25-19-13-22(19)5-10-27(11-6-22)21(29)18-2-1-17(30-18)14-26-12-9-24-15-26/h1-4,7-9,12,15,19H,5-6,10-11,13-14H2,(H,25,28). The second kappa shape index (κ2) is 7.44. The lowest BCUT2D eigenvalue weighted by atomic mass is 9.92. The zero-order valence-corrected chi connectivity index (χ0v) is 16.5. The summed E-state index contributed by atoms with van der Waals surface area (Å²) < 4.78 is 7.65. The topological polar surface area (TPSA) is 93.3 Å². The number of furan rings is 1. The van der Waals surface area contributed by atoms with Crippen LogP contribution in [0.25, 0.3) is 0 Å². The number of carbonyl (C=O) groups is 2. The van der Waals surface area contributed by atoms with Crippen molar-refractivity contribution >= 4 is 11.8 Å². The molecule has 0 bridgehead atoms. The van der Waals surface area contributed by atoms with Crippen LogP contribution in [0.4, 0.5) is 0 Å². The molecule has 1 saturated carbocycles. The summed E-state index contributed by atoms with van der Waals surface area (Å²) in [6.07, 6.45) is 11.3. The lowest BCUT2D eigenvalue weighted by Crippen LogP contribution is -2.41. The van der Waals surface area contributed by atoms with Crippen LogP contribution in [0.15, 0.2) is 59.8 Å². The molecule has 1 unspecified atom stereocenters. The molecule has 1 saturated heterocycles. The third-order valence-electron chi connectivity index (χ3n) is 6.25. The summed E-state index contributed by atoms with van der Waals surface area (Å²) in [7, 11) is 0. The Morgan fingerprint density at radius 3 is 2.63 bits per heavy atom. The van der Waals surface area contributed by atoms with E-state index < -0.39 is 0 Å². The first-order valence-electron chi connectivity index (χ1n) is 10.2. The van der Waals surface area contributed by atoms with Gasteiger partial charge in [0.05, 0.1) is 12.9 Å². The van der Waals surface area contributed by atoms with Crippen molar-refractivity contribution in [3.05, 3.63) is 72.5 Å². The van der Waals surface area contributed by atoms with E-state index in [0.29, 0.717) is 31.0 Å². The molecule has 2 amide bonds. The van der Waals surface area contributed by atoms with Gasteiger partial charge in [0, 0.05) is 49.5 Å². The van der Waals surface area contributed by atoms with Crippen LogP contribution in [0.2, 0.25) is 0 Å². The van der Waals surface area contributed by atoms with Gasteiger partial charge in [-0.15, -0.1) is 0 Å². The molecule has 5 rings (SSSR count). The first-order chi connectivity index (χ1) is 14.6. The van der Waals surface area contributed by atoms with E-state index >= 15 is 0 Å². The predicted octanol–water partition coefficient (Wildman–Crippen LogP) is 2.34. The Hall–Kier alpha value is -3.42. The van der Waals surface area contributed by atoms with E-state index in [2.05, 4.69) is 15.3 Å². The molecular weight excluding hydrogens is 382 g/mol. The fourth-order valence-corrected chi connectivity index (χ4v) is 4.30. The molecule has 3 aromatic rings. The normalized spacial score (nSPS) is 19.6. The van der Waals surface area contributed by atoms with E-state index in [4.69, 9.17) is 4.42 Å². The Balaban J connectivity index is 1.14. The van der Waals surface area contributed by atoms with Gasteiger partial charge >= 0.3 is 0 Å². The molecule has 1 spiro atoms. The molecule has 30 heavy (non-hydrogen) atoms. The van der Waals surface area contributed by atoms with Gasteiger partial charge in [-0.05, 0) is 48.9 Å². The van der Waals surface area contributed by atoms with Crippen molar-refractivity contribution in [3.63, 3.8) is 0 Å². The molecule has 1 aliphatic carbocycles. The van der Waals surface area contributed by atoms with E-state index in [9.17, 15) is 9.59 Å². The lowest BCUT2D eigenvalue weighted by molar-refractivity contribution is 0.0635. The summed E-state index contributed by atoms with van der Waals surface area (Å²) in [5.41, 5.74) is 0.749. The number of amides is 2. The van der Waals surface area contributed by atoms with Gasteiger partial charge in [-0.3, -0.25) is 14.6 Å². The van der Waals surface area contributed by atoms with Gasteiger partial charge in [0.2, 0.25) is 0 Å². The molecule has 0 aromatic carbocycles. The monoisotopic (exact) mass is 405 g/mol. The minimum absolute atomic E-state index is 0.0567. The first-order valence-corrected chi connectivity index (χ1v) is 10.2. The van der Waals surface area contributed by atoms with Gasteiger partial charge in [-0.25, -0.2) is 4.98 Å². The molecule has 1 atom stereocenters. The largest absolute Gasteiger partial charge is 0.454 e. The molecule has 8 nitrogen and oxygen atoms in total. The van der Waals surface area contributed by atoms with Gasteiger partial charge < -0.3 is 19.2 Å². The Labute approximate surface area is 173 Å². The summed E-state index contributed by atoms with van der Waals surface area (Å²) >= 11 is 0. The SMILES string of the molecule is O=C(NC1CC12CCN(C(=O)c1ccc(Cn3ccnc3)o1)CC2)c1ccncc1. The van der Waals surface area contributed by atoms with Gasteiger partial charge in [0.15, 0.2) is 5.76 Å². The summed E-state index contributed by atoms with van der Waals surface area (Å²) in [6, 6.07) is 7.20. The van der Waals surface area contributed by atoms with Crippen molar-refractivity contribution in [2.45, 2.75) is 31.8 Å². The Kier molecular flexibility index (Phi) is 4.61. The third kappa shape index (κ3) is 3.60. The number of imidazole rings is 1. The van der Waals surface area contributed by atoms with Crippen molar-refractivity contribution in [1.82, 2.24) is 24.8 Å². The van der Waals surface area contributed by atoms with Crippen molar-refractivity contribution < 1.29 is 14.0 Å². The number of nitrogens with one attached hydrogen (secondary N) is 1. The summed E-state index contributed by atoms with van der Waals surface area (Å²) in [4.78, 5) is 35.0. The maximum Gasteiger partial charge on any atom is 0.289 e. The number of aromatic nitrogens is 3. The number of piperidine rings is 1. The number of hydrogen-bond acceptors (Lipinski definition) is 5. The molecule has 2 aliphatic rings. The summed E-state index contributed by atoms with van der Waals surface area (Å²) in [5, 5.41) is 3.13. The second-order valence-corrected chi connectivity index (χ2v) is 8.12. The molecule has 8 heteroatoms. The van der Waals surface area contributed by atoms with E-state index in [-0.39, 0.29) is 23.3 Å². The highest BCUT2D eigenvalue weighted by Crippen LogP contribution is 2.54. The van der Waals surface area contributed by atoms with Crippen LogP contribution in [0.3, 0.4) is 0 Å². The number of hydrogen-bond donors (Lipinski definition) is 1. The summed E-state index contributed by atoms with van der Waals surface area (Å²) in [5.74, 6) is 0.976. The summed E-state index contributed by atoms with van der Waals surface area (Å²) in [6.45, 7) is 1.91. The molecule has 0 radical (unpaired) electrons. The molecule has 1 N–H and O–H groups in total. The highest BCUT2D eigenvalue weighted by atomic mass is 16.4. The van der Waals surface area contributed by atoms with Gasteiger partial charge in [0.1, 0.15) is 5.76 Å². The average molecular weight is 405 g/mol. The third-order valence-corrected chi connectivity index (χ3v) is 6.25. The van der Waals surface area contributed by atoms with Crippen molar-refractivity contribution in [2.24, 2.45) is 5.41 Å². The molecule has 4 heterocycles. The quantitative estimate of drug-likeness (QED) is 0.703. The van der Waals surface area contributed by atoms with Crippen LogP contribution in [0.5, 0.6) is 0 Å². The van der Waals surface area contributed by atoms with Crippen LogP contribution in [-0.2, 0) is 6.54 Å². The minimum Gasteiger partial charge on any atom is -0.454 e.